The Bertz CT molecular complexity index is 481. The minimum Gasteiger partial charge on any atom is -0.385 e. The lowest BCUT2D eigenvalue weighted by atomic mass is 9.83. The average molecular weight is 286 g/mol. The Balaban J connectivity index is 2.32. The number of halogens is 3. The van der Waals surface area contributed by atoms with Gasteiger partial charge < -0.3 is 5.11 Å². The number of rotatable bonds is 1. The van der Waals surface area contributed by atoms with E-state index in [1.807, 2.05) is 0 Å². The summed E-state index contributed by atoms with van der Waals surface area (Å²) in [4.78, 5) is 0. The lowest BCUT2D eigenvalue weighted by Crippen LogP contribution is -2.26. The van der Waals surface area contributed by atoms with Crippen molar-refractivity contribution in [1.82, 2.24) is 0 Å². The Morgan fingerprint density at radius 1 is 1.20 bits per heavy atom. The molecule has 0 amide bonds. The summed E-state index contributed by atoms with van der Waals surface area (Å²) in [6, 6.07) is 3.67. The predicted molar refractivity (Wildman–Crippen MR) is 72.3 cm³/mol. The maximum absolute atomic E-state index is 12.7. The summed E-state index contributed by atoms with van der Waals surface area (Å²) in [5.74, 6) is 0.568. The first-order valence-electron chi connectivity index (χ1n) is 7.13. The molecule has 20 heavy (non-hydrogen) atoms. The second-order valence-electron chi connectivity index (χ2n) is 6.10. The van der Waals surface area contributed by atoms with Crippen LogP contribution in [-0.2, 0) is 11.8 Å². The molecule has 2 rings (SSSR count). The first-order chi connectivity index (χ1) is 9.22. The third-order valence-electron chi connectivity index (χ3n) is 4.39. The summed E-state index contributed by atoms with van der Waals surface area (Å²) < 4.78 is 38.1. The number of hydrogen-bond donors (Lipinski definition) is 1. The van der Waals surface area contributed by atoms with Gasteiger partial charge in [0, 0.05) is 0 Å². The van der Waals surface area contributed by atoms with Gasteiger partial charge in [0.25, 0.3) is 0 Å². The topological polar surface area (TPSA) is 20.2 Å². The fraction of sp³-hybridized carbons (Fsp3) is 0.625. The molecule has 2 atom stereocenters. The van der Waals surface area contributed by atoms with Gasteiger partial charge >= 0.3 is 6.18 Å². The quantitative estimate of drug-likeness (QED) is 0.735. The van der Waals surface area contributed by atoms with Crippen LogP contribution < -0.4 is 0 Å². The molecule has 0 heterocycles. The van der Waals surface area contributed by atoms with E-state index in [-0.39, 0.29) is 0 Å². The molecule has 1 N–H and O–H groups in total. The van der Waals surface area contributed by atoms with E-state index < -0.39 is 17.3 Å². The molecule has 1 nitrogen and oxygen atoms in total. The van der Waals surface area contributed by atoms with Crippen LogP contribution in [0.25, 0.3) is 0 Å². The molecule has 0 radical (unpaired) electrons. The van der Waals surface area contributed by atoms with Crippen molar-refractivity contribution in [2.75, 3.05) is 0 Å². The van der Waals surface area contributed by atoms with Crippen LogP contribution in [0.1, 0.15) is 55.7 Å². The molecule has 0 aliphatic heterocycles. The Labute approximate surface area is 117 Å². The van der Waals surface area contributed by atoms with Crippen molar-refractivity contribution in [3.63, 3.8) is 0 Å². The van der Waals surface area contributed by atoms with Crippen LogP contribution in [0.2, 0.25) is 0 Å². The number of aryl methyl sites for hydroxylation is 1. The van der Waals surface area contributed by atoms with Crippen LogP contribution in [0, 0.1) is 12.8 Å². The third kappa shape index (κ3) is 3.17. The second kappa shape index (κ2) is 5.40. The van der Waals surface area contributed by atoms with E-state index in [1.165, 1.54) is 6.07 Å². The molecule has 1 aromatic rings. The monoisotopic (exact) mass is 286 g/mol. The molecule has 2 unspecified atom stereocenters. The molecule has 0 spiro atoms. The minimum absolute atomic E-state index is 0.525. The van der Waals surface area contributed by atoms with E-state index in [0.29, 0.717) is 29.9 Å². The zero-order valence-corrected chi connectivity index (χ0v) is 11.9. The van der Waals surface area contributed by atoms with Gasteiger partial charge in [-0.15, -0.1) is 0 Å². The molecule has 1 aromatic carbocycles. The zero-order chi connectivity index (χ0) is 15.0. The lowest BCUT2D eigenvalue weighted by Gasteiger charge is -2.29. The van der Waals surface area contributed by atoms with Gasteiger partial charge in [0.15, 0.2) is 0 Å². The zero-order valence-electron chi connectivity index (χ0n) is 11.9. The number of aliphatic hydroxyl groups is 1. The maximum Gasteiger partial charge on any atom is 0.416 e. The highest BCUT2D eigenvalue weighted by Crippen LogP contribution is 2.40. The molecule has 0 aromatic heterocycles. The first-order valence-corrected chi connectivity index (χ1v) is 7.13. The molecule has 1 aliphatic carbocycles. The van der Waals surface area contributed by atoms with Gasteiger partial charge in [0.2, 0.25) is 0 Å². The van der Waals surface area contributed by atoms with E-state index in [9.17, 15) is 18.3 Å². The molecular weight excluding hydrogens is 265 g/mol. The number of benzene rings is 1. The molecule has 112 valence electrons. The summed E-state index contributed by atoms with van der Waals surface area (Å²) in [6.45, 7) is 3.81. The van der Waals surface area contributed by atoms with Crippen molar-refractivity contribution >= 4 is 0 Å². The van der Waals surface area contributed by atoms with Crippen LogP contribution in [0.15, 0.2) is 18.2 Å². The average Bonchev–Trinajstić information content (AvgIpc) is 2.51. The second-order valence-corrected chi connectivity index (χ2v) is 6.10. The SMILES string of the molecule is Cc1cc(C(F)(F)F)ccc1C1(O)CCCC(C)CC1. The largest absolute Gasteiger partial charge is 0.416 e. The molecule has 4 heteroatoms. The molecule has 1 fully saturated rings. The van der Waals surface area contributed by atoms with Gasteiger partial charge in [-0.05, 0) is 61.8 Å². The van der Waals surface area contributed by atoms with E-state index in [1.54, 1.807) is 6.92 Å². The van der Waals surface area contributed by atoms with Gasteiger partial charge in [-0.25, -0.2) is 0 Å². The molecule has 0 bridgehead atoms. The fourth-order valence-electron chi connectivity index (χ4n) is 3.13. The fourth-order valence-corrected chi connectivity index (χ4v) is 3.13. The third-order valence-corrected chi connectivity index (χ3v) is 4.39. The van der Waals surface area contributed by atoms with Crippen LogP contribution in [0.5, 0.6) is 0 Å². The smallest absolute Gasteiger partial charge is 0.385 e. The van der Waals surface area contributed by atoms with E-state index in [4.69, 9.17) is 0 Å². The number of alkyl halides is 3. The normalized spacial score (nSPS) is 28.2. The molecule has 1 aliphatic rings. The van der Waals surface area contributed by atoms with Gasteiger partial charge in [0.05, 0.1) is 11.2 Å². The van der Waals surface area contributed by atoms with Gasteiger partial charge in [-0.3, -0.25) is 0 Å². The van der Waals surface area contributed by atoms with Gasteiger partial charge in [0.1, 0.15) is 0 Å². The van der Waals surface area contributed by atoms with Crippen molar-refractivity contribution in [2.45, 2.75) is 57.7 Å². The Morgan fingerprint density at radius 3 is 2.50 bits per heavy atom. The van der Waals surface area contributed by atoms with E-state index in [0.717, 1.165) is 31.4 Å². The number of hydrogen-bond acceptors (Lipinski definition) is 1. The van der Waals surface area contributed by atoms with Gasteiger partial charge in [-0.2, -0.15) is 13.2 Å². The van der Waals surface area contributed by atoms with Crippen LogP contribution in [0.3, 0.4) is 0 Å². The van der Waals surface area contributed by atoms with E-state index >= 15 is 0 Å². The van der Waals surface area contributed by atoms with Crippen LogP contribution in [-0.4, -0.2) is 5.11 Å². The predicted octanol–water partition coefficient (Wildman–Crippen LogP) is 4.80. The van der Waals surface area contributed by atoms with Crippen molar-refractivity contribution < 1.29 is 18.3 Å². The minimum atomic E-state index is -4.33. The summed E-state index contributed by atoms with van der Waals surface area (Å²) in [5.41, 5.74) is -0.445. The van der Waals surface area contributed by atoms with Gasteiger partial charge in [-0.1, -0.05) is 19.4 Å². The summed E-state index contributed by atoms with van der Waals surface area (Å²) in [6.07, 6.45) is -0.176. The summed E-state index contributed by atoms with van der Waals surface area (Å²) in [5, 5.41) is 10.8. The summed E-state index contributed by atoms with van der Waals surface area (Å²) in [7, 11) is 0. The van der Waals surface area contributed by atoms with Crippen molar-refractivity contribution in [2.24, 2.45) is 5.92 Å². The Morgan fingerprint density at radius 2 is 1.90 bits per heavy atom. The Hall–Kier alpha value is -1.03. The van der Waals surface area contributed by atoms with Crippen LogP contribution in [0.4, 0.5) is 13.2 Å². The van der Waals surface area contributed by atoms with Crippen molar-refractivity contribution in [3.05, 3.63) is 34.9 Å². The molecule has 0 saturated heterocycles. The maximum atomic E-state index is 12.7. The highest BCUT2D eigenvalue weighted by atomic mass is 19.4. The Kier molecular flexibility index (Phi) is 4.14. The van der Waals surface area contributed by atoms with Crippen molar-refractivity contribution in [1.29, 1.82) is 0 Å². The summed E-state index contributed by atoms with van der Waals surface area (Å²) >= 11 is 0. The molecular formula is C16H21F3O. The highest BCUT2D eigenvalue weighted by molar-refractivity contribution is 5.36. The van der Waals surface area contributed by atoms with E-state index in [2.05, 4.69) is 6.92 Å². The highest BCUT2D eigenvalue weighted by Gasteiger charge is 2.35. The standard InChI is InChI=1S/C16H21F3O/c1-11-4-3-8-15(20,9-7-11)14-6-5-13(10-12(14)2)16(17,18)19/h5-6,10-11,20H,3-4,7-9H2,1-2H3. The van der Waals surface area contributed by atoms with Crippen molar-refractivity contribution in [3.8, 4) is 0 Å². The van der Waals surface area contributed by atoms with Crippen LogP contribution >= 0.6 is 0 Å². The molecule has 1 saturated carbocycles. The lowest BCUT2D eigenvalue weighted by molar-refractivity contribution is -0.137. The first kappa shape index (κ1) is 15.4.